The van der Waals surface area contributed by atoms with E-state index in [1.54, 1.807) is 61.5 Å². The molecular weight excluding hydrogens is 492 g/mol. The van der Waals surface area contributed by atoms with Crippen LogP contribution in [-0.4, -0.2) is 44.9 Å². The Morgan fingerprint density at radius 3 is 2.41 bits per heavy atom. The quantitative estimate of drug-likeness (QED) is 0.301. The van der Waals surface area contributed by atoms with Gasteiger partial charge in [0.15, 0.2) is 5.75 Å². The Bertz CT molecular complexity index is 1630. The lowest BCUT2D eigenvalue weighted by Crippen LogP contribution is -2.22. The number of amides is 1. The van der Waals surface area contributed by atoms with E-state index in [2.05, 4.69) is 15.5 Å². The second-order valence-electron chi connectivity index (χ2n) is 8.43. The van der Waals surface area contributed by atoms with Gasteiger partial charge >= 0.3 is 0 Å². The van der Waals surface area contributed by atoms with Gasteiger partial charge in [-0.25, -0.2) is 12.7 Å². The van der Waals surface area contributed by atoms with Crippen LogP contribution in [0.4, 0.5) is 17.1 Å². The first-order valence-electron chi connectivity index (χ1n) is 11.3. The number of aryl methyl sites for hydroxylation is 1. The van der Waals surface area contributed by atoms with Crippen LogP contribution >= 0.6 is 0 Å². The molecule has 0 spiro atoms. The van der Waals surface area contributed by atoms with E-state index >= 15 is 0 Å². The zero-order chi connectivity index (χ0) is 26.7. The number of methoxy groups -OCH3 is 1. The number of para-hydroxylation sites is 2. The Labute approximate surface area is 215 Å². The van der Waals surface area contributed by atoms with Gasteiger partial charge in [-0.3, -0.25) is 4.79 Å². The van der Waals surface area contributed by atoms with Gasteiger partial charge in [0, 0.05) is 19.5 Å². The van der Waals surface area contributed by atoms with Gasteiger partial charge in [-0.2, -0.15) is 5.11 Å². The number of fused-ring (bicyclic) bond motifs is 1. The molecule has 0 saturated heterocycles. The molecule has 2 N–H and O–H groups in total. The summed E-state index contributed by atoms with van der Waals surface area (Å²) in [6, 6.07) is 20.2. The third-order valence-corrected chi connectivity index (χ3v) is 7.62. The number of aromatic hydroxyl groups is 1. The molecule has 0 saturated carbocycles. The number of phenolic OH excluding ortho intramolecular Hbond substituents is 1. The average molecular weight is 519 g/mol. The highest BCUT2D eigenvalue weighted by Crippen LogP contribution is 2.40. The first-order valence-corrected chi connectivity index (χ1v) is 12.7. The first kappa shape index (κ1) is 25.8. The molecule has 0 aliphatic heterocycles. The molecule has 0 aliphatic carbocycles. The van der Waals surface area contributed by atoms with E-state index < -0.39 is 15.9 Å². The Balaban J connectivity index is 1.80. The molecular formula is C27H26N4O5S. The number of nitrogens with one attached hydrogen (secondary N) is 1. The molecule has 1 amide bonds. The predicted octanol–water partition coefficient (Wildman–Crippen LogP) is 5.78. The van der Waals surface area contributed by atoms with Crippen molar-refractivity contribution in [2.24, 2.45) is 10.2 Å². The van der Waals surface area contributed by atoms with Gasteiger partial charge in [-0.1, -0.05) is 42.5 Å². The van der Waals surface area contributed by atoms with Crippen LogP contribution in [0.2, 0.25) is 0 Å². The molecule has 0 bridgehead atoms. The van der Waals surface area contributed by atoms with Crippen LogP contribution in [0.15, 0.2) is 87.9 Å². The van der Waals surface area contributed by atoms with E-state index in [1.165, 1.54) is 33.3 Å². The maximum atomic E-state index is 13.2. The number of rotatable bonds is 7. The normalized spacial score (nSPS) is 11.8. The lowest BCUT2D eigenvalue weighted by atomic mass is 10.0. The Hall–Kier alpha value is -4.28. The monoisotopic (exact) mass is 518 g/mol. The summed E-state index contributed by atoms with van der Waals surface area (Å²) < 4.78 is 31.6. The number of carbonyl (C=O) groups excluding carboxylic acids is 1. The molecule has 0 aromatic heterocycles. The summed E-state index contributed by atoms with van der Waals surface area (Å²) in [7, 11) is 0.715. The number of hydrogen-bond donors (Lipinski definition) is 2. The maximum Gasteiger partial charge on any atom is 0.259 e. The van der Waals surface area contributed by atoms with Crippen molar-refractivity contribution >= 4 is 43.8 Å². The first-order chi connectivity index (χ1) is 17.6. The summed E-state index contributed by atoms with van der Waals surface area (Å²) in [5.41, 5.74) is 1.54. The Morgan fingerprint density at radius 1 is 0.973 bits per heavy atom. The molecule has 0 fully saturated rings. The van der Waals surface area contributed by atoms with Crippen LogP contribution in [-0.2, 0) is 10.0 Å². The van der Waals surface area contributed by atoms with Gasteiger partial charge in [0.1, 0.15) is 11.4 Å². The summed E-state index contributed by atoms with van der Waals surface area (Å²) in [6.45, 7) is 1.77. The molecule has 0 radical (unpaired) electrons. The Kier molecular flexibility index (Phi) is 7.23. The number of phenols is 1. The molecule has 4 rings (SSSR count). The van der Waals surface area contributed by atoms with E-state index in [-0.39, 0.29) is 21.9 Å². The summed E-state index contributed by atoms with van der Waals surface area (Å²) in [4.78, 5) is 13.2. The van der Waals surface area contributed by atoms with Crippen LogP contribution in [0.5, 0.6) is 11.5 Å². The van der Waals surface area contributed by atoms with E-state index in [1.807, 2.05) is 6.07 Å². The summed E-state index contributed by atoms with van der Waals surface area (Å²) in [6.07, 6.45) is 0. The van der Waals surface area contributed by atoms with Crippen LogP contribution in [0.3, 0.4) is 0 Å². The average Bonchev–Trinajstić information content (AvgIpc) is 2.88. The SMILES string of the molecule is COc1ccccc1NC(=O)c1cc2ccccc2c(N=Nc2cc(S(=O)(=O)N(C)C)ccc2C)c1O. The van der Waals surface area contributed by atoms with Crippen molar-refractivity contribution in [1.29, 1.82) is 0 Å². The van der Waals surface area contributed by atoms with Gasteiger partial charge in [-0.15, -0.1) is 5.11 Å². The highest BCUT2D eigenvalue weighted by atomic mass is 32.2. The zero-order valence-electron chi connectivity index (χ0n) is 20.8. The fourth-order valence-electron chi connectivity index (χ4n) is 3.70. The van der Waals surface area contributed by atoms with Gasteiger partial charge in [0.2, 0.25) is 10.0 Å². The fraction of sp³-hybridized carbons (Fsp3) is 0.148. The van der Waals surface area contributed by atoms with Crippen molar-refractivity contribution < 1.29 is 23.1 Å². The molecule has 0 unspecified atom stereocenters. The van der Waals surface area contributed by atoms with Crippen LogP contribution < -0.4 is 10.1 Å². The number of benzene rings is 4. The Morgan fingerprint density at radius 2 is 1.68 bits per heavy atom. The molecule has 9 nitrogen and oxygen atoms in total. The molecule has 4 aromatic rings. The maximum absolute atomic E-state index is 13.2. The molecule has 4 aromatic carbocycles. The predicted molar refractivity (Wildman–Crippen MR) is 143 cm³/mol. The lowest BCUT2D eigenvalue weighted by Gasteiger charge is -2.13. The summed E-state index contributed by atoms with van der Waals surface area (Å²) in [5, 5.41) is 23.7. The minimum atomic E-state index is -3.68. The van der Waals surface area contributed by atoms with Crippen molar-refractivity contribution in [2.45, 2.75) is 11.8 Å². The third kappa shape index (κ3) is 5.16. The topological polar surface area (TPSA) is 121 Å². The third-order valence-electron chi connectivity index (χ3n) is 5.81. The van der Waals surface area contributed by atoms with Gasteiger partial charge in [0.25, 0.3) is 5.91 Å². The minimum absolute atomic E-state index is 0.000727. The molecule has 190 valence electrons. The number of anilines is 1. The zero-order valence-corrected chi connectivity index (χ0v) is 21.6. The van der Waals surface area contributed by atoms with Crippen molar-refractivity contribution in [3.63, 3.8) is 0 Å². The molecule has 10 heteroatoms. The van der Waals surface area contributed by atoms with Gasteiger partial charge in [0.05, 0.1) is 28.9 Å². The highest BCUT2D eigenvalue weighted by Gasteiger charge is 2.21. The van der Waals surface area contributed by atoms with Gasteiger partial charge in [-0.05, 0) is 48.2 Å². The second-order valence-corrected chi connectivity index (χ2v) is 10.6. The van der Waals surface area contributed by atoms with E-state index in [4.69, 9.17) is 4.74 Å². The highest BCUT2D eigenvalue weighted by molar-refractivity contribution is 7.89. The smallest absolute Gasteiger partial charge is 0.259 e. The largest absolute Gasteiger partial charge is 0.505 e. The van der Waals surface area contributed by atoms with E-state index in [0.717, 1.165) is 4.31 Å². The second kappa shape index (κ2) is 10.4. The van der Waals surface area contributed by atoms with Crippen molar-refractivity contribution in [3.8, 4) is 11.5 Å². The van der Waals surface area contributed by atoms with E-state index in [9.17, 15) is 18.3 Å². The summed E-state index contributed by atoms with van der Waals surface area (Å²) in [5.74, 6) is -0.442. The number of nitrogens with zero attached hydrogens (tertiary/aromatic N) is 3. The fourth-order valence-corrected chi connectivity index (χ4v) is 4.62. The molecule has 37 heavy (non-hydrogen) atoms. The molecule has 0 heterocycles. The number of azo groups is 1. The number of carbonyl (C=O) groups is 1. The van der Waals surface area contributed by atoms with Crippen molar-refractivity contribution in [1.82, 2.24) is 4.31 Å². The van der Waals surface area contributed by atoms with Gasteiger partial charge < -0.3 is 15.2 Å². The standard InChI is InChI=1S/C27H26N4O5S/c1-17-13-14-19(37(34,35)31(2)3)16-23(17)29-30-25-20-10-6-5-9-18(20)15-21(26(25)32)27(33)28-22-11-7-8-12-24(22)36-4/h5-16,32H,1-4H3,(H,28,33). The van der Waals surface area contributed by atoms with Crippen molar-refractivity contribution in [2.75, 3.05) is 26.5 Å². The minimum Gasteiger partial charge on any atom is -0.505 e. The number of hydrogen-bond acceptors (Lipinski definition) is 7. The van der Waals surface area contributed by atoms with Crippen LogP contribution in [0.1, 0.15) is 15.9 Å². The molecule has 0 atom stereocenters. The number of ether oxygens (including phenoxy) is 1. The van der Waals surface area contributed by atoms with Crippen LogP contribution in [0, 0.1) is 6.92 Å². The number of sulfonamides is 1. The van der Waals surface area contributed by atoms with E-state index in [0.29, 0.717) is 33.5 Å². The summed E-state index contributed by atoms with van der Waals surface area (Å²) >= 11 is 0. The molecule has 0 aliphatic rings. The van der Waals surface area contributed by atoms with Crippen molar-refractivity contribution in [3.05, 3.63) is 83.9 Å². The lowest BCUT2D eigenvalue weighted by molar-refractivity contribution is 0.102. The van der Waals surface area contributed by atoms with Crippen LogP contribution in [0.25, 0.3) is 10.8 Å².